The molecule has 0 bridgehead atoms. The lowest BCUT2D eigenvalue weighted by molar-refractivity contribution is -0.386. The quantitative estimate of drug-likeness (QED) is 0.167. The molecule has 2 aromatic rings. The molecule has 2 aromatic carbocycles. The molecule has 32 heavy (non-hydrogen) atoms. The Bertz CT molecular complexity index is 934. The van der Waals surface area contributed by atoms with Crippen molar-refractivity contribution in [1.82, 2.24) is 0 Å². The predicted molar refractivity (Wildman–Crippen MR) is 122 cm³/mol. The smallest absolute Gasteiger partial charge is 0.274 e. The van der Waals surface area contributed by atoms with Gasteiger partial charge in [-0.15, -0.1) is 0 Å². The van der Waals surface area contributed by atoms with Crippen molar-refractivity contribution in [2.75, 3.05) is 0 Å². The fourth-order valence-electron chi connectivity index (χ4n) is 3.01. The third-order valence-electron chi connectivity index (χ3n) is 4.69. The van der Waals surface area contributed by atoms with Gasteiger partial charge in [0.25, 0.3) is 11.4 Å². The number of benzene rings is 2. The highest BCUT2D eigenvalue weighted by Gasteiger charge is 2.17. The molecule has 170 valence electrons. The SMILES string of the molecule is CC(C)=CCCC(C)=CC(OCc1ccccc1[N+](=O)[O-])OCc1ccccc1[N+](=O)[O-]. The number of allylic oxidation sites excluding steroid dienone is 3. The molecule has 8 heteroatoms. The van der Waals surface area contributed by atoms with Crippen LogP contribution in [-0.4, -0.2) is 16.1 Å². The molecule has 0 saturated heterocycles. The van der Waals surface area contributed by atoms with E-state index >= 15 is 0 Å². The highest BCUT2D eigenvalue weighted by atomic mass is 16.7. The third kappa shape index (κ3) is 8.05. The van der Waals surface area contributed by atoms with Crippen molar-refractivity contribution in [2.24, 2.45) is 0 Å². The van der Waals surface area contributed by atoms with Crippen LogP contribution in [0.5, 0.6) is 0 Å². The summed E-state index contributed by atoms with van der Waals surface area (Å²) in [6.07, 6.45) is 4.79. The van der Waals surface area contributed by atoms with E-state index in [4.69, 9.17) is 9.47 Å². The van der Waals surface area contributed by atoms with Crippen molar-refractivity contribution in [2.45, 2.75) is 53.1 Å². The molecule has 0 saturated carbocycles. The number of nitro benzene ring substituents is 2. The second-order valence-corrected chi connectivity index (χ2v) is 7.60. The summed E-state index contributed by atoms with van der Waals surface area (Å²) in [5, 5.41) is 22.5. The van der Waals surface area contributed by atoms with Crippen molar-refractivity contribution < 1.29 is 19.3 Å². The van der Waals surface area contributed by atoms with Crippen LogP contribution in [0.2, 0.25) is 0 Å². The van der Waals surface area contributed by atoms with E-state index in [2.05, 4.69) is 6.08 Å². The highest BCUT2D eigenvalue weighted by molar-refractivity contribution is 5.40. The predicted octanol–water partition coefficient (Wildman–Crippen LogP) is 6.26. The van der Waals surface area contributed by atoms with Gasteiger partial charge in [0, 0.05) is 12.1 Å². The molecule has 0 unspecified atom stereocenters. The van der Waals surface area contributed by atoms with Gasteiger partial charge in [-0.25, -0.2) is 0 Å². The van der Waals surface area contributed by atoms with Gasteiger partial charge in [0.1, 0.15) is 0 Å². The Hall–Kier alpha value is -3.36. The largest absolute Gasteiger partial charge is 0.344 e. The third-order valence-corrected chi connectivity index (χ3v) is 4.69. The monoisotopic (exact) mass is 440 g/mol. The Labute approximate surface area is 187 Å². The van der Waals surface area contributed by atoms with Crippen molar-refractivity contribution in [3.8, 4) is 0 Å². The molecule has 8 nitrogen and oxygen atoms in total. The molecule has 0 spiro atoms. The van der Waals surface area contributed by atoms with Crippen molar-refractivity contribution in [3.63, 3.8) is 0 Å². The normalized spacial score (nSPS) is 11.4. The summed E-state index contributed by atoms with van der Waals surface area (Å²) in [6.45, 7) is 5.96. The average Bonchev–Trinajstić information content (AvgIpc) is 2.75. The molecular weight excluding hydrogens is 412 g/mol. The Kier molecular flexibility index (Phi) is 9.72. The maximum Gasteiger partial charge on any atom is 0.274 e. The van der Waals surface area contributed by atoms with Crippen molar-refractivity contribution >= 4 is 11.4 Å². The Morgan fingerprint density at radius 1 is 0.875 bits per heavy atom. The van der Waals surface area contributed by atoms with Crippen LogP contribution in [-0.2, 0) is 22.7 Å². The van der Waals surface area contributed by atoms with Crippen LogP contribution in [0.15, 0.2) is 71.8 Å². The molecule has 0 aliphatic carbocycles. The zero-order chi connectivity index (χ0) is 23.5. The molecule has 0 N–H and O–H groups in total. The molecule has 0 aliphatic rings. The van der Waals surface area contributed by atoms with E-state index in [1.54, 1.807) is 36.4 Å². The number of para-hydroxylation sites is 2. The number of nitrogens with zero attached hydrogens (tertiary/aromatic N) is 2. The maximum atomic E-state index is 11.3. The van der Waals surface area contributed by atoms with E-state index < -0.39 is 16.1 Å². The summed E-state index contributed by atoms with van der Waals surface area (Å²) in [5.74, 6) is 0. The summed E-state index contributed by atoms with van der Waals surface area (Å²) >= 11 is 0. The lowest BCUT2D eigenvalue weighted by Gasteiger charge is -2.17. The summed E-state index contributed by atoms with van der Waals surface area (Å²) < 4.78 is 11.7. The average molecular weight is 440 g/mol. The molecular formula is C24H28N2O6. The first-order chi connectivity index (χ1) is 15.3. The first-order valence-corrected chi connectivity index (χ1v) is 10.3. The Morgan fingerprint density at radius 3 is 1.78 bits per heavy atom. The van der Waals surface area contributed by atoms with Gasteiger partial charge in [-0.1, -0.05) is 41.5 Å². The second kappa shape index (κ2) is 12.5. The van der Waals surface area contributed by atoms with Crippen LogP contribution in [0.25, 0.3) is 0 Å². The number of hydrogen-bond acceptors (Lipinski definition) is 6. The summed E-state index contributed by atoms with van der Waals surface area (Å²) in [4.78, 5) is 21.6. The first-order valence-electron chi connectivity index (χ1n) is 10.3. The van der Waals surface area contributed by atoms with Crippen molar-refractivity contribution in [3.05, 3.63) is 103 Å². The maximum absolute atomic E-state index is 11.3. The van der Waals surface area contributed by atoms with Crippen LogP contribution < -0.4 is 0 Å². The van der Waals surface area contributed by atoms with Gasteiger partial charge in [-0.2, -0.15) is 0 Å². The number of ether oxygens (including phenoxy) is 2. The molecule has 2 rings (SSSR count). The zero-order valence-corrected chi connectivity index (χ0v) is 18.5. The van der Waals surface area contributed by atoms with Crippen LogP contribution in [0.3, 0.4) is 0 Å². The number of hydrogen-bond donors (Lipinski definition) is 0. The van der Waals surface area contributed by atoms with E-state index in [0.29, 0.717) is 11.1 Å². The van der Waals surface area contributed by atoms with Gasteiger partial charge < -0.3 is 9.47 Å². The fourth-order valence-corrected chi connectivity index (χ4v) is 3.01. The minimum absolute atomic E-state index is 0.0313. The second-order valence-electron chi connectivity index (χ2n) is 7.60. The van der Waals surface area contributed by atoms with Crippen LogP contribution in [0.4, 0.5) is 11.4 Å². The molecule has 0 heterocycles. The highest BCUT2D eigenvalue weighted by Crippen LogP contribution is 2.22. The summed E-state index contributed by atoms with van der Waals surface area (Å²) in [6, 6.07) is 12.7. The summed E-state index contributed by atoms with van der Waals surface area (Å²) in [5.41, 5.74) is 3.04. The van der Waals surface area contributed by atoms with Crippen molar-refractivity contribution in [1.29, 1.82) is 0 Å². The van der Waals surface area contributed by atoms with Gasteiger partial charge in [-0.05, 0) is 51.8 Å². The standard InChI is InChI=1S/C24H28N2O6/c1-18(2)9-8-10-19(3)15-24(31-16-20-11-4-6-13-22(20)25(27)28)32-17-21-12-5-7-14-23(21)26(29)30/h4-7,9,11-15,24H,8,10,16-17H2,1-3H3. The fraction of sp³-hybridized carbons (Fsp3) is 0.333. The van der Waals surface area contributed by atoms with Gasteiger partial charge in [0.15, 0.2) is 6.29 Å². The summed E-state index contributed by atoms with van der Waals surface area (Å²) in [7, 11) is 0. The van der Waals surface area contributed by atoms with Gasteiger partial charge in [0.05, 0.1) is 34.2 Å². The minimum Gasteiger partial charge on any atom is -0.344 e. The molecule has 0 fully saturated rings. The van der Waals surface area contributed by atoms with E-state index in [-0.39, 0.29) is 24.6 Å². The molecule has 0 amide bonds. The molecule has 0 atom stereocenters. The zero-order valence-electron chi connectivity index (χ0n) is 18.5. The van der Waals surface area contributed by atoms with Crippen LogP contribution >= 0.6 is 0 Å². The van der Waals surface area contributed by atoms with E-state index in [0.717, 1.165) is 18.4 Å². The van der Waals surface area contributed by atoms with Crippen LogP contribution in [0, 0.1) is 20.2 Å². The number of nitro groups is 2. The van der Waals surface area contributed by atoms with Gasteiger partial charge in [-0.3, -0.25) is 20.2 Å². The van der Waals surface area contributed by atoms with Crippen LogP contribution in [0.1, 0.15) is 44.7 Å². The molecule has 0 aromatic heterocycles. The van der Waals surface area contributed by atoms with E-state index in [1.165, 1.54) is 17.7 Å². The minimum atomic E-state index is -0.818. The molecule has 0 radical (unpaired) electrons. The van der Waals surface area contributed by atoms with Gasteiger partial charge in [0.2, 0.25) is 0 Å². The van der Waals surface area contributed by atoms with E-state index in [1.807, 2.05) is 26.8 Å². The topological polar surface area (TPSA) is 105 Å². The molecule has 0 aliphatic heterocycles. The Balaban J connectivity index is 2.17. The first kappa shape index (κ1) is 24.9. The number of rotatable bonds is 12. The Morgan fingerprint density at radius 2 is 1.34 bits per heavy atom. The lowest BCUT2D eigenvalue weighted by Crippen LogP contribution is -2.16. The van der Waals surface area contributed by atoms with E-state index in [9.17, 15) is 20.2 Å². The van der Waals surface area contributed by atoms with Gasteiger partial charge >= 0.3 is 0 Å². The lowest BCUT2D eigenvalue weighted by atomic mass is 10.1.